The lowest BCUT2D eigenvalue weighted by atomic mass is 10.1. The van der Waals surface area contributed by atoms with Gasteiger partial charge < -0.3 is 14.7 Å². The second-order valence-corrected chi connectivity index (χ2v) is 5.99. The van der Waals surface area contributed by atoms with Gasteiger partial charge in [0, 0.05) is 31.9 Å². The van der Waals surface area contributed by atoms with Crippen LogP contribution in [-0.2, 0) is 0 Å². The smallest absolute Gasteiger partial charge is 0.266 e. The summed E-state index contributed by atoms with van der Waals surface area (Å²) in [5.74, 6) is 1.17. The van der Waals surface area contributed by atoms with E-state index in [4.69, 9.17) is 4.52 Å². The Morgan fingerprint density at radius 1 is 1.12 bits per heavy atom. The van der Waals surface area contributed by atoms with Gasteiger partial charge in [0.25, 0.3) is 11.8 Å². The van der Waals surface area contributed by atoms with E-state index in [1.165, 1.54) is 0 Å². The van der Waals surface area contributed by atoms with Gasteiger partial charge in [-0.3, -0.25) is 0 Å². The first-order chi connectivity index (χ1) is 11.7. The van der Waals surface area contributed by atoms with E-state index in [2.05, 4.69) is 31.5 Å². The Kier molecular flexibility index (Phi) is 3.78. The van der Waals surface area contributed by atoms with E-state index in [-0.39, 0.29) is 0 Å². The first kappa shape index (κ1) is 14.9. The molecule has 1 aliphatic rings. The fourth-order valence-electron chi connectivity index (χ4n) is 3.03. The first-order valence-electron chi connectivity index (χ1n) is 8.15. The average Bonchev–Trinajstić information content (AvgIpc) is 3.22. The molecule has 0 amide bonds. The lowest BCUT2D eigenvalue weighted by molar-refractivity contribution is 0.427. The molecule has 7 nitrogen and oxygen atoms in total. The van der Waals surface area contributed by atoms with Gasteiger partial charge in [0.05, 0.1) is 16.9 Å². The molecule has 1 aliphatic heterocycles. The topological polar surface area (TPSA) is 72.0 Å². The number of para-hydroxylation sites is 1. The van der Waals surface area contributed by atoms with E-state index in [9.17, 15) is 0 Å². The van der Waals surface area contributed by atoms with E-state index < -0.39 is 0 Å². The highest BCUT2D eigenvalue weighted by atomic mass is 16.5. The maximum Gasteiger partial charge on any atom is 0.266 e. The molecular weight excluding hydrogens is 304 g/mol. The van der Waals surface area contributed by atoms with Crippen molar-refractivity contribution in [1.82, 2.24) is 25.2 Å². The fourth-order valence-corrected chi connectivity index (χ4v) is 3.03. The summed E-state index contributed by atoms with van der Waals surface area (Å²) in [6.45, 7) is 7.67. The molecule has 0 bridgehead atoms. The van der Waals surface area contributed by atoms with Crippen LogP contribution in [0.1, 0.15) is 11.4 Å². The Morgan fingerprint density at radius 2 is 1.92 bits per heavy atom. The predicted molar refractivity (Wildman–Crippen MR) is 91.4 cm³/mol. The van der Waals surface area contributed by atoms with Crippen molar-refractivity contribution in [3.63, 3.8) is 0 Å². The number of hydrogen-bond acceptors (Lipinski definition) is 6. The van der Waals surface area contributed by atoms with Crippen LogP contribution in [0.15, 0.2) is 34.9 Å². The van der Waals surface area contributed by atoms with Crippen molar-refractivity contribution in [2.45, 2.75) is 13.8 Å². The third-order valence-electron chi connectivity index (χ3n) is 4.19. The monoisotopic (exact) mass is 324 g/mol. The van der Waals surface area contributed by atoms with E-state index in [0.717, 1.165) is 48.8 Å². The fraction of sp³-hybridized carbons (Fsp3) is 0.353. The van der Waals surface area contributed by atoms with Crippen LogP contribution in [0.2, 0.25) is 0 Å². The number of aromatic nitrogens is 4. The van der Waals surface area contributed by atoms with Gasteiger partial charge in [-0.25, -0.2) is 4.68 Å². The zero-order valence-electron chi connectivity index (χ0n) is 13.9. The Labute approximate surface area is 140 Å². The van der Waals surface area contributed by atoms with Crippen LogP contribution >= 0.6 is 0 Å². The Bertz CT molecular complexity index is 846. The number of piperazine rings is 1. The SMILES string of the molecule is Cc1cc(C)n(-c2ccccc2-c2nc(N3CCNCC3)no2)n1. The zero-order chi connectivity index (χ0) is 16.5. The summed E-state index contributed by atoms with van der Waals surface area (Å²) in [7, 11) is 0. The summed E-state index contributed by atoms with van der Waals surface area (Å²) in [6.07, 6.45) is 0. The van der Waals surface area contributed by atoms with Crippen LogP contribution in [-0.4, -0.2) is 46.1 Å². The third-order valence-corrected chi connectivity index (χ3v) is 4.19. The predicted octanol–water partition coefficient (Wildman–Crippen LogP) is 1.95. The van der Waals surface area contributed by atoms with Gasteiger partial charge in [-0.2, -0.15) is 10.1 Å². The highest BCUT2D eigenvalue weighted by Gasteiger charge is 2.19. The lowest BCUT2D eigenvalue weighted by Gasteiger charge is -2.25. The van der Waals surface area contributed by atoms with Crippen LogP contribution in [0.4, 0.5) is 5.95 Å². The van der Waals surface area contributed by atoms with Crippen molar-refractivity contribution in [3.8, 4) is 17.1 Å². The average molecular weight is 324 g/mol. The van der Waals surface area contributed by atoms with Crippen LogP contribution in [0.3, 0.4) is 0 Å². The number of hydrogen-bond donors (Lipinski definition) is 1. The van der Waals surface area contributed by atoms with Gasteiger partial charge in [0.1, 0.15) is 0 Å². The summed E-state index contributed by atoms with van der Waals surface area (Å²) in [5.41, 5.74) is 3.88. The van der Waals surface area contributed by atoms with Crippen molar-refractivity contribution < 1.29 is 4.52 Å². The minimum absolute atomic E-state index is 0.520. The second-order valence-electron chi connectivity index (χ2n) is 5.99. The van der Waals surface area contributed by atoms with E-state index in [1.807, 2.05) is 42.8 Å². The van der Waals surface area contributed by atoms with E-state index in [1.54, 1.807) is 0 Å². The largest absolute Gasteiger partial charge is 0.336 e. The minimum atomic E-state index is 0.520. The standard InChI is InChI=1S/C17H20N6O/c1-12-11-13(2)23(20-12)15-6-4-3-5-14(15)16-19-17(21-24-16)22-9-7-18-8-10-22/h3-6,11,18H,7-10H2,1-2H3. The van der Waals surface area contributed by atoms with Gasteiger partial charge in [-0.1, -0.05) is 12.1 Å². The number of rotatable bonds is 3. The number of aryl methyl sites for hydroxylation is 2. The van der Waals surface area contributed by atoms with Crippen LogP contribution in [0.25, 0.3) is 17.1 Å². The number of nitrogens with one attached hydrogen (secondary N) is 1. The third kappa shape index (κ3) is 2.67. The molecule has 0 atom stereocenters. The first-order valence-corrected chi connectivity index (χ1v) is 8.15. The maximum absolute atomic E-state index is 5.55. The molecular formula is C17H20N6O. The summed E-state index contributed by atoms with van der Waals surface area (Å²) in [6, 6.07) is 10.0. The summed E-state index contributed by atoms with van der Waals surface area (Å²) in [4.78, 5) is 6.74. The van der Waals surface area contributed by atoms with Crippen LogP contribution in [0.5, 0.6) is 0 Å². The molecule has 24 heavy (non-hydrogen) atoms. The molecule has 0 saturated carbocycles. The van der Waals surface area contributed by atoms with Crippen molar-refractivity contribution in [1.29, 1.82) is 0 Å². The highest BCUT2D eigenvalue weighted by Crippen LogP contribution is 2.27. The number of benzene rings is 1. The number of nitrogens with zero attached hydrogens (tertiary/aromatic N) is 5. The molecule has 0 unspecified atom stereocenters. The number of anilines is 1. The molecule has 1 fully saturated rings. The summed E-state index contributed by atoms with van der Waals surface area (Å²) in [5, 5.41) is 12.1. The quantitative estimate of drug-likeness (QED) is 0.794. The Hall–Kier alpha value is -2.67. The molecule has 0 aliphatic carbocycles. The van der Waals surface area contributed by atoms with Crippen molar-refractivity contribution in [3.05, 3.63) is 41.7 Å². The molecule has 3 aromatic rings. The minimum Gasteiger partial charge on any atom is -0.336 e. The molecule has 1 N–H and O–H groups in total. The maximum atomic E-state index is 5.55. The zero-order valence-corrected chi connectivity index (χ0v) is 13.9. The van der Waals surface area contributed by atoms with Crippen LogP contribution < -0.4 is 10.2 Å². The molecule has 1 aromatic carbocycles. The van der Waals surface area contributed by atoms with Crippen molar-refractivity contribution in [2.75, 3.05) is 31.1 Å². The second kappa shape index (κ2) is 6.09. The summed E-state index contributed by atoms with van der Waals surface area (Å²) < 4.78 is 7.46. The van der Waals surface area contributed by atoms with Gasteiger partial charge in [-0.15, -0.1) is 0 Å². The Morgan fingerprint density at radius 3 is 2.67 bits per heavy atom. The van der Waals surface area contributed by atoms with Crippen LogP contribution in [0, 0.1) is 13.8 Å². The van der Waals surface area contributed by atoms with Gasteiger partial charge in [-0.05, 0) is 37.2 Å². The molecule has 0 spiro atoms. The van der Waals surface area contributed by atoms with Crippen molar-refractivity contribution in [2.24, 2.45) is 0 Å². The normalized spacial score (nSPS) is 15.0. The molecule has 0 radical (unpaired) electrons. The molecule has 4 rings (SSSR count). The molecule has 2 aromatic heterocycles. The molecule has 3 heterocycles. The van der Waals surface area contributed by atoms with Gasteiger partial charge in [0.15, 0.2) is 0 Å². The van der Waals surface area contributed by atoms with E-state index >= 15 is 0 Å². The van der Waals surface area contributed by atoms with Gasteiger partial charge >= 0.3 is 0 Å². The van der Waals surface area contributed by atoms with Gasteiger partial charge in [0.2, 0.25) is 0 Å². The molecule has 124 valence electrons. The molecule has 1 saturated heterocycles. The highest BCUT2D eigenvalue weighted by molar-refractivity contribution is 5.67. The van der Waals surface area contributed by atoms with Crippen molar-refractivity contribution >= 4 is 5.95 Å². The lowest BCUT2D eigenvalue weighted by Crippen LogP contribution is -2.44. The van der Waals surface area contributed by atoms with E-state index in [0.29, 0.717) is 11.8 Å². The Balaban J connectivity index is 1.72. The molecule has 7 heteroatoms. The summed E-state index contributed by atoms with van der Waals surface area (Å²) >= 11 is 0.